The van der Waals surface area contributed by atoms with Gasteiger partial charge >= 0.3 is 0 Å². The second kappa shape index (κ2) is 4.87. The zero-order chi connectivity index (χ0) is 13.1. The van der Waals surface area contributed by atoms with Gasteiger partial charge in [-0.1, -0.05) is 0 Å². The minimum atomic E-state index is -0.304. The van der Waals surface area contributed by atoms with E-state index >= 15 is 0 Å². The van der Waals surface area contributed by atoms with Crippen LogP contribution in [-0.4, -0.2) is 15.9 Å². The number of carbonyl (C=O) groups excluding carboxylic acids is 1. The van der Waals surface area contributed by atoms with Crippen molar-refractivity contribution in [2.45, 2.75) is 20.4 Å². The highest BCUT2D eigenvalue weighted by Crippen LogP contribution is 2.06. The molecule has 0 atom stereocenters. The van der Waals surface area contributed by atoms with E-state index in [9.17, 15) is 4.79 Å². The summed E-state index contributed by atoms with van der Waals surface area (Å²) in [4.78, 5) is 19.6. The van der Waals surface area contributed by atoms with Crippen LogP contribution in [0.5, 0.6) is 0 Å². The van der Waals surface area contributed by atoms with Crippen LogP contribution in [0.25, 0.3) is 0 Å². The van der Waals surface area contributed by atoms with Crippen molar-refractivity contribution in [1.82, 2.24) is 15.3 Å². The molecule has 0 aliphatic heterocycles. The van der Waals surface area contributed by atoms with Crippen LogP contribution in [0, 0.1) is 13.8 Å². The molecule has 18 heavy (non-hydrogen) atoms. The standard InChI is InChI=1S/C12H14N4O2/c1-7-5-10(16-12(13)15-7)11(17)14-6-9-4-3-8(2)18-9/h3-5H,6H2,1-2H3,(H,14,17)(H2,13,15,16). The van der Waals surface area contributed by atoms with Crippen molar-refractivity contribution in [2.24, 2.45) is 0 Å². The fourth-order valence-corrected chi connectivity index (χ4v) is 1.55. The molecule has 2 heterocycles. The van der Waals surface area contributed by atoms with E-state index < -0.39 is 0 Å². The Morgan fingerprint density at radius 1 is 1.39 bits per heavy atom. The molecule has 0 bridgehead atoms. The van der Waals surface area contributed by atoms with Crippen LogP contribution in [0.2, 0.25) is 0 Å². The fourth-order valence-electron chi connectivity index (χ4n) is 1.55. The second-order valence-corrected chi connectivity index (χ2v) is 3.95. The number of rotatable bonds is 3. The van der Waals surface area contributed by atoms with Gasteiger partial charge in [0, 0.05) is 5.69 Å². The second-order valence-electron chi connectivity index (χ2n) is 3.95. The van der Waals surface area contributed by atoms with Gasteiger partial charge in [0.2, 0.25) is 5.95 Å². The molecular formula is C12H14N4O2. The number of furan rings is 1. The number of hydrogen-bond donors (Lipinski definition) is 2. The maximum Gasteiger partial charge on any atom is 0.270 e. The van der Waals surface area contributed by atoms with Crippen molar-refractivity contribution in [3.05, 3.63) is 41.1 Å². The number of carbonyl (C=O) groups is 1. The molecule has 0 saturated carbocycles. The van der Waals surface area contributed by atoms with Crippen molar-refractivity contribution in [1.29, 1.82) is 0 Å². The molecule has 0 radical (unpaired) electrons. The number of nitrogens with one attached hydrogen (secondary N) is 1. The molecule has 6 nitrogen and oxygen atoms in total. The lowest BCUT2D eigenvalue weighted by Crippen LogP contribution is -2.24. The number of hydrogen-bond acceptors (Lipinski definition) is 5. The van der Waals surface area contributed by atoms with E-state index in [2.05, 4.69) is 15.3 Å². The molecule has 0 aliphatic rings. The van der Waals surface area contributed by atoms with E-state index in [0.717, 1.165) is 5.76 Å². The Labute approximate surface area is 104 Å². The SMILES string of the molecule is Cc1cc(C(=O)NCc2ccc(C)o2)nc(N)n1. The van der Waals surface area contributed by atoms with E-state index in [1.165, 1.54) is 0 Å². The third kappa shape index (κ3) is 2.85. The third-order valence-electron chi connectivity index (χ3n) is 2.32. The smallest absolute Gasteiger partial charge is 0.270 e. The van der Waals surface area contributed by atoms with Crippen LogP contribution in [0.4, 0.5) is 5.95 Å². The van der Waals surface area contributed by atoms with Crippen molar-refractivity contribution < 1.29 is 9.21 Å². The summed E-state index contributed by atoms with van der Waals surface area (Å²) in [5.74, 6) is 1.29. The van der Waals surface area contributed by atoms with Gasteiger partial charge in [0.25, 0.3) is 5.91 Å². The number of anilines is 1. The molecule has 1 amide bonds. The number of aryl methyl sites for hydroxylation is 2. The van der Waals surface area contributed by atoms with Crippen LogP contribution in [0.1, 0.15) is 27.7 Å². The average molecular weight is 246 g/mol. The van der Waals surface area contributed by atoms with Crippen LogP contribution in [0.3, 0.4) is 0 Å². The Kier molecular flexibility index (Phi) is 3.27. The van der Waals surface area contributed by atoms with Crippen LogP contribution < -0.4 is 11.1 Å². The van der Waals surface area contributed by atoms with E-state index in [0.29, 0.717) is 18.0 Å². The van der Waals surface area contributed by atoms with Gasteiger partial charge in [-0.2, -0.15) is 0 Å². The Bertz CT molecular complexity index is 557. The summed E-state index contributed by atoms with van der Waals surface area (Å²) in [7, 11) is 0. The van der Waals surface area contributed by atoms with Gasteiger partial charge < -0.3 is 15.5 Å². The van der Waals surface area contributed by atoms with Gasteiger partial charge in [-0.15, -0.1) is 0 Å². The molecule has 0 unspecified atom stereocenters. The first-order valence-electron chi connectivity index (χ1n) is 5.49. The van der Waals surface area contributed by atoms with E-state index in [-0.39, 0.29) is 17.5 Å². The Morgan fingerprint density at radius 2 is 2.17 bits per heavy atom. The normalized spacial score (nSPS) is 10.3. The molecule has 2 rings (SSSR count). The molecular weight excluding hydrogens is 232 g/mol. The van der Waals surface area contributed by atoms with Crippen LogP contribution >= 0.6 is 0 Å². The lowest BCUT2D eigenvalue weighted by Gasteiger charge is -2.04. The minimum Gasteiger partial charge on any atom is -0.465 e. The number of nitrogens with two attached hydrogens (primary N) is 1. The van der Waals surface area contributed by atoms with Crippen LogP contribution in [0.15, 0.2) is 22.6 Å². The monoisotopic (exact) mass is 246 g/mol. The summed E-state index contributed by atoms with van der Waals surface area (Å²) >= 11 is 0. The maximum atomic E-state index is 11.8. The van der Waals surface area contributed by atoms with E-state index in [1.54, 1.807) is 13.0 Å². The minimum absolute atomic E-state index is 0.0917. The van der Waals surface area contributed by atoms with Crippen LogP contribution in [-0.2, 0) is 6.54 Å². The summed E-state index contributed by atoms with van der Waals surface area (Å²) in [5.41, 5.74) is 6.39. The number of nitrogen functional groups attached to an aromatic ring is 1. The predicted molar refractivity (Wildman–Crippen MR) is 65.8 cm³/mol. The fraction of sp³-hybridized carbons (Fsp3) is 0.250. The molecule has 2 aromatic heterocycles. The highest BCUT2D eigenvalue weighted by atomic mass is 16.3. The first kappa shape index (κ1) is 12.1. The highest BCUT2D eigenvalue weighted by Gasteiger charge is 2.10. The average Bonchev–Trinajstić information content (AvgIpc) is 2.70. The number of amides is 1. The lowest BCUT2D eigenvalue weighted by atomic mass is 10.3. The molecule has 0 saturated heterocycles. The predicted octanol–water partition coefficient (Wildman–Crippen LogP) is 1.20. The summed E-state index contributed by atoms with van der Waals surface area (Å²) in [6, 6.07) is 5.24. The zero-order valence-electron chi connectivity index (χ0n) is 10.2. The quantitative estimate of drug-likeness (QED) is 0.848. The molecule has 0 fully saturated rings. The van der Waals surface area contributed by atoms with E-state index in [4.69, 9.17) is 10.2 Å². The molecule has 0 aromatic carbocycles. The lowest BCUT2D eigenvalue weighted by molar-refractivity contribution is 0.0942. The van der Waals surface area contributed by atoms with Gasteiger partial charge in [-0.3, -0.25) is 4.79 Å². The topological polar surface area (TPSA) is 94.0 Å². The molecule has 3 N–H and O–H groups in total. The Balaban J connectivity index is 2.03. The van der Waals surface area contributed by atoms with Gasteiger partial charge in [0.05, 0.1) is 6.54 Å². The largest absolute Gasteiger partial charge is 0.465 e. The molecule has 94 valence electrons. The van der Waals surface area contributed by atoms with Gasteiger partial charge in [0.1, 0.15) is 17.2 Å². The van der Waals surface area contributed by atoms with Gasteiger partial charge in [0.15, 0.2) is 0 Å². The summed E-state index contributed by atoms with van der Waals surface area (Å²) < 4.78 is 5.35. The zero-order valence-corrected chi connectivity index (χ0v) is 10.2. The third-order valence-corrected chi connectivity index (χ3v) is 2.32. The summed E-state index contributed by atoms with van der Waals surface area (Å²) in [5, 5.41) is 2.70. The number of nitrogens with zero attached hydrogens (tertiary/aromatic N) is 2. The van der Waals surface area contributed by atoms with Gasteiger partial charge in [-0.05, 0) is 32.0 Å². The highest BCUT2D eigenvalue weighted by molar-refractivity contribution is 5.92. The Morgan fingerprint density at radius 3 is 2.78 bits per heavy atom. The molecule has 0 aliphatic carbocycles. The van der Waals surface area contributed by atoms with Crippen molar-refractivity contribution >= 4 is 11.9 Å². The molecule has 0 spiro atoms. The Hall–Kier alpha value is -2.37. The molecule has 2 aromatic rings. The van der Waals surface area contributed by atoms with Crippen molar-refractivity contribution in [3.63, 3.8) is 0 Å². The first-order chi connectivity index (χ1) is 8.54. The summed E-state index contributed by atoms with van der Waals surface area (Å²) in [6.45, 7) is 3.92. The number of aromatic nitrogens is 2. The maximum absolute atomic E-state index is 11.8. The van der Waals surface area contributed by atoms with Gasteiger partial charge in [-0.25, -0.2) is 9.97 Å². The first-order valence-corrected chi connectivity index (χ1v) is 5.49. The molecule has 6 heteroatoms. The summed E-state index contributed by atoms with van der Waals surface area (Å²) in [6.07, 6.45) is 0. The van der Waals surface area contributed by atoms with Crippen molar-refractivity contribution in [2.75, 3.05) is 5.73 Å². The van der Waals surface area contributed by atoms with E-state index in [1.807, 2.05) is 19.1 Å². The van der Waals surface area contributed by atoms with Crippen molar-refractivity contribution in [3.8, 4) is 0 Å².